The van der Waals surface area contributed by atoms with Gasteiger partial charge in [0.2, 0.25) is 5.91 Å². The van der Waals surface area contributed by atoms with Gasteiger partial charge in [-0.05, 0) is 62.4 Å². The Morgan fingerprint density at radius 2 is 1.94 bits per heavy atom. The minimum atomic E-state index is 0.0934. The van der Waals surface area contributed by atoms with Gasteiger partial charge in [-0.3, -0.25) is 4.79 Å². The summed E-state index contributed by atoms with van der Waals surface area (Å²) in [5.41, 5.74) is 8.97. The second-order valence-electron chi connectivity index (χ2n) is 5.40. The number of carbonyl (C=O) groups is 1. The Balaban J connectivity index is 2.06. The van der Waals surface area contributed by atoms with E-state index >= 15 is 0 Å². The fourth-order valence-electron chi connectivity index (χ4n) is 2.95. The molecule has 1 amide bonds. The lowest BCUT2D eigenvalue weighted by molar-refractivity contribution is -0.120. The number of amides is 1. The molecule has 0 spiro atoms. The first-order valence-electron chi connectivity index (χ1n) is 6.69. The van der Waals surface area contributed by atoms with E-state index < -0.39 is 0 Å². The number of carbonyl (C=O) groups excluding carboxylic acids is 1. The fourth-order valence-corrected chi connectivity index (χ4v) is 2.95. The summed E-state index contributed by atoms with van der Waals surface area (Å²) in [5.74, 6) is 0.583. The lowest BCUT2D eigenvalue weighted by Crippen LogP contribution is -2.29. The molecule has 0 bridgehead atoms. The molecule has 1 aliphatic rings. The van der Waals surface area contributed by atoms with Crippen molar-refractivity contribution in [3.8, 4) is 0 Å². The van der Waals surface area contributed by atoms with Crippen LogP contribution in [0.3, 0.4) is 0 Å². The van der Waals surface area contributed by atoms with E-state index in [4.69, 9.17) is 5.73 Å². The van der Waals surface area contributed by atoms with Crippen LogP contribution in [0.15, 0.2) is 18.2 Å². The highest BCUT2D eigenvalue weighted by atomic mass is 16.1. The second-order valence-corrected chi connectivity index (χ2v) is 5.40. The van der Waals surface area contributed by atoms with Crippen molar-refractivity contribution in [3.05, 3.63) is 29.3 Å². The van der Waals surface area contributed by atoms with Crippen molar-refractivity contribution in [2.45, 2.75) is 33.1 Å². The molecule has 1 aliphatic carbocycles. The highest BCUT2D eigenvalue weighted by Crippen LogP contribution is 2.32. The normalized spacial score (nSPS) is 23.1. The van der Waals surface area contributed by atoms with Gasteiger partial charge in [-0.2, -0.15) is 0 Å². The summed E-state index contributed by atoms with van der Waals surface area (Å²) in [7, 11) is 0. The summed E-state index contributed by atoms with van der Waals surface area (Å²) in [6.07, 6.45) is 3.17. The van der Waals surface area contributed by atoms with Crippen molar-refractivity contribution in [2.24, 2.45) is 17.6 Å². The van der Waals surface area contributed by atoms with Crippen LogP contribution in [0, 0.1) is 25.7 Å². The molecule has 0 unspecified atom stereocenters. The standard InChI is InChI=1S/C15H22N2O/c1-10-6-11(2)8-13(7-10)17-15(18)14-5-3-4-12(14)9-16/h6-8,12,14H,3-5,9,16H2,1-2H3,(H,17,18)/t12-,14-/m1/s1. The third-order valence-corrected chi connectivity index (χ3v) is 3.79. The molecule has 0 radical (unpaired) electrons. The molecule has 2 atom stereocenters. The average Bonchev–Trinajstić information content (AvgIpc) is 2.75. The van der Waals surface area contributed by atoms with Crippen molar-refractivity contribution < 1.29 is 4.79 Å². The zero-order chi connectivity index (χ0) is 13.1. The van der Waals surface area contributed by atoms with E-state index in [1.165, 1.54) is 11.1 Å². The lowest BCUT2D eigenvalue weighted by Gasteiger charge is -2.17. The van der Waals surface area contributed by atoms with Crippen LogP contribution in [0.5, 0.6) is 0 Å². The first-order chi connectivity index (χ1) is 8.60. The molecule has 0 heterocycles. The monoisotopic (exact) mass is 246 g/mol. The predicted molar refractivity (Wildman–Crippen MR) is 74.4 cm³/mol. The van der Waals surface area contributed by atoms with E-state index in [1.807, 2.05) is 26.0 Å². The zero-order valence-electron chi connectivity index (χ0n) is 11.2. The minimum absolute atomic E-state index is 0.0934. The Hall–Kier alpha value is -1.35. The number of rotatable bonds is 3. The number of hydrogen-bond donors (Lipinski definition) is 2. The summed E-state index contributed by atoms with van der Waals surface area (Å²) >= 11 is 0. The SMILES string of the molecule is Cc1cc(C)cc(NC(=O)[C@@H]2CCC[C@@H]2CN)c1. The molecule has 3 nitrogen and oxygen atoms in total. The van der Waals surface area contributed by atoms with Gasteiger partial charge in [-0.15, -0.1) is 0 Å². The molecule has 1 aromatic rings. The molecule has 98 valence electrons. The van der Waals surface area contributed by atoms with Crippen LogP contribution in [-0.4, -0.2) is 12.5 Å². The van der Waals surface area contributed by atoms with Crippen molar-refractivity contribution in [3.63, 3.8) is 0 Å². The van der Waals surface area contributed by atoms with Gasteiger partial charge in [-0.1, -0.05) is 12.5 Å². The third-order valence-electron chi connectivity index (χ3n) is 3.79. The first kappa shape index (κ1) is 13.1. The van der Waals surface area contributed by atoms with Gasteiger partial charge < -0.3 is 11.1 Å². The molecule has 18 heavy (non-hydrogen) atoms. The molecular weight excluding hydrogens is 224 g/mol. The molecule has 1 fully saturated rings. The summed E-state index contributed by atoms with van der Waals surface area (Å²) in [5, 5.41) is 3.04. The first-order valence-corrected chi connectivity index (χ1v) is 6.69. The number of hydrogen-bond acceptors (Lipinski definition) is 2. The highest BCUT2D eigenvalue weighted by molar-refractivity contribution is 5.93. The predicted octanol–water partition coefficient (Wildman–Crippen LogP) is 2.62. The zero-order valence-corrected chi connectivity index (χ0v) is 11.2. The molecule has 3 heteroatoms. The van der Waals surface area contributed by atoms with Crippen molar-refractivity contribution in [2.75, 3.05) is 11.9 Å². The number of aryl methyl sites for hydroxylation is 2. The van der Waals surface area contributed by atoms with E-state index in [0.717, 1.165) is 24.9 Å². The van der Waals surface area contributed by atoms with Gasteiger partial charge in [0.05, 0.1) is 0 Å². The summed E-state index contributed by atoms with van der Waals surface area (Å²) < 4.78 is 0. The quantitative estimate of drug-likeness (QED) is 0.861. The Morgan fingerprint density at radius 1 is 1.28 bits per heavy atom. The van der Waals surface area contributed by atoms with Crippen LogP contribution in [0.2, 0.25) is 0 Å². The van der Waals surface area contributed by atoms with Crippen molar-refractivity contribution >= 4 is 11.6 Å². The molecule has 3 N–H and O–H groups in total. The van der Waals surface area contributed by atoms with Crippen LogP contribution >= 0.6 is 0 Å². The van der Waals surface area contributed by atoms with Crippen LogP contribution < -0.4 is 11.1 Å². The van der Waals surface area contributed by atoms with E-state index in [1.54, 1.807) is 0 Å². The van der Waals surface area contributed by atoms with Crippen molar-refractivity contribution in [1.82, 2.24) is 0 Å². The molecule has 1 saturated carbocycles. The van der Waals surface area contributed by atoms with Gasteiger partial charge in [0.25, 0.3) is 0 Å². The average molecular weight is 246 g/mol. The van der Waals surface area contributed by atoms with Crippen molar-refractivity contribution in [1.29, 1.82) is 0 Å². The minimum Gasteiger partial charge on any atom is -0.330 e. The largest absolute Gasteiger partial charge is 0.330 e. The third kappa shape index (κ3) is 2.91. The van der Waals surface area contributed by atoms with Gasteiger partial charge in [0.1, 0.15) is 0 Å². The Kier molecular flexibility index (Phi) is 4.02. The second kappa shape index (κ2) is 5.53. The molecular formula is C15H22N2O. The number of nitrogens with one attached hydrogen (secondary N) is 1. The molecule has 0 aromatic heterocycles. The summed E-state index contributed by atoms with van der Waals surface area (Å²) in [4.78, 5) is 12.2. The maximum Gasteiger partial charge on any atom is 0.227 e. The summed E-state index contributed by atoms with van der Waals surface area (Å²) in [6.45, 7) is 4.70. The van der Waals surface area contributed by atoms with E-state index in [2.05, 4.69) is 11.4 Å². The Bertz CT molecular complexity index is 422. The maximum absolute atomic E-state index is 12.2. The molecule has 2 rings (SSSR count). The van der Waals surface area contributed by atoms with Gasteiger partial charge in [0.15, 0.2) is 0 Å². The van der Waals surface area contributed by atoms with Crippen LogP contribution in [0.1, 0.15) is 30.4 Å². The Labute approximate surface area is 109 Å². The Morgan fingerprint density at radius 3 is 2.56 bits per heavy atom. The smallest absolute Gasteiger partial charge is 0.227 e. The van der Waals surface area contributed by atoms with Crippen LogP contribution in [-0.2, 0) is 4.79 Å². The molecule has 0 saturated heterocycles. The number of benzene rings is 1. The fraction of sp³-hybridized carbons (Fsp3) is 0.533. The van der Waals surface area contributed by atoms with Crippen LogP contribution in [0.25, 0.3) is 0 Å². The molecule has 1 aromatic carbocycles. The topological polar surface area (TPSA) is 55.1 Å². The van der Waals surface area contributed by atoms with Crippen LogP contribution in [0.4, 0.5) is 5.69 Å². The molecule has 0 aliphatic heterocycles. The summed E-state index contributed by atoms with van der Waals surface area (Å²) in [6, 6.07) is 6.13. The van der Waals surface area contributed by atoms with Gasteiger partial charge in [0, 0.05) is 11.6 Å². The number of anilines is 1. The van der Waals surface area contributed by atoms with E-state index in [0.29, 0.717) is 12.5 Å². The number of nitrogens with two attached hydrogens (primary N) is 1. The lowest BCUT2D eigenvalue weighted by atomic mass is 9.95. The van der Waals surface area contributed by atoms with Gasteiger partial charge in [-0.25, -0.2) is 0 Å². The van der Waals surface area contributed by atoms with E-state index in [9.17, 15) is 4.79 Å². The maximum atomic E-state index is 12.2. The highest BCUT2D eigenvalue weighted by Gasteiger charge is 2.31. The van der Waals surface area contributed by atoms with E-state index in [-0.39, 0.29) is 11.8 Å². The van der Waals surface area contributed by atoms with Gasteiger partial charge >= 0.3 is 0 Å².